The molecule has 3 aromatic rings. The summed E-state index contributed by atoms with van der Waals surface area (Å²) in [6, 6.07) is 18.0. The van der Waals surface area contributed by atoms with Crippen LogP contribution in [0.25, 0.3) is 11.3 Å². The van der Waals surface area contributed by atoms with Gasteiger partial charge in [0.15, 0.2) is 0 Å². The van der Waals surface area contributed by atoms with Gasteiger partial charge in [-0.2, -0.15) is 0 Å². The van der Waals surface area contributed by atoms with Crippen molar-refractivity contribution in [3.8, 4) is 17.0 Å². The van der Waals surface area contributed by atoms with Gasteiger partial charge in [0.25, 0.3) is 0 Å². The molecule has 1 aromatic heterocycles. The lowest BCUT2D eigenvalue weighted by molar-refractivity contribution is 0.148. The molecule has 27 heavy (non-hydrogen) atoms. The SMILES string of the molecule is C1=CCOCc2cccc(c2)Nc2nccc(n2)-c2cccc(c2)OCC1. The van der Waals surface area contributed by atoms with Crippen LogP contribution in [0.1, 0.15) is 12.0 Å². The largest absolute Gasteiger partial charge is 0.493 e. The Labute approximate surface area is 158 Å². The maximum absolute atomic E-state index is 5.85. The lowest BCUT2D eigenvalue weighted by Gasteiger charge is -2.10. The predicted octanol–water partition coefficient (Wildman–Crippen LogP) is 4.74. The van der Waals surface area contributed by atoms with Crippen LogP contribution >= 0.6 is 0 Å². The van der Waals surface area contributed by atoms with Crippen LogP contribution in [-0.2, 0) is 11.3 Å². The Morgan fingerprint density at radius 1 is 0.963 bits per heavy atom. The first-order valence-electron chi connectivity index (χ1n) is 9.02. The van der Waals surface area contributed by atoms with Crippen LogP contribution in [0.5, 0.6) is 5.75 Å². The fourth-order valence-corrected chi connectivity index (χ4v) is 2.87. The summed E-state index contributed by atoms with van der Waals surface area (Å²) in [6.07, 6.45) is 6.71. The van der Waals surface area contributed by atoms with E-state index in [2.05, 4.69) is 27.4 Å². The molecule has 0 saturated heterocycles. The van der Waals surface area contributed by atoms with Gasteiger partial charge in [0.05, 0.1) is 25.5 Å². The van der Waals surface area contributed by atoms with E-state index in [1.165, 1.54) is 0 Å². The van der Waals surface area contributed by atoms with Crippen molar-refractivity contribution in [2.45, 2.75) is 13.0 Å². The van der Waals surface area contributed by atoms with Crippen molar-refractivity contribution in [1.29, 1.82) is 0 Å². The van der Waals surface area contributed by atoms with Crippen LogP contribution in [0.2, 0.25) is 0 Å². The minimum atomic E-state index is 0.556. The van der Waals surface area contributed by atoms with E-state index in [9.17, 15) is 0 Å². The Kier molecular flexibility index (Phi) is 5.41. The quantitative estimate of drug-likeness (QED) is 0.588. The second kappa shape index (κ2) is 8.47. The van der Waals surface area contributed by atoms with Gasteiger partial charge in [0.1, 0.15) is 5.75 Å². The van der Waals surface area contributed by atoms with Crippen LogP contribution in [0.15, 0.2) is 72.9 Å². The minimum absolute atomic E-state index is 0.556. The molecule has 4 rings (SSSR count). The Balaban J connectivity index is 1.66. The van der Waals surface area contributed by atoms with E-state index in [-0.39, 0.29) is 0 Å². The van der Waals surface area contributed by atoms with Gasteiger partial charge >= 0.3 is 0 Å². The monoisotopic (exact) mass is 359 g/mol. The molecule has 0 amide bonds. The van der Waals surface area contributed by atoms with Crippen LogP contribution in [0.3, 0.4) is 0 Å². The van der Waals surface area contributed by atoms with Crippen molar-refractivity contribution >= 4 is 11.6 Å². The molecule has 0 spiro atoms. The number of nitrogens with one attached hydrogen (secondary N) is 1. The first-order chi connectivity index (χ1) is 13.4. The van der Waals surface area contributed by atoms with Gasteiger partial charge < -0.3 is 14.8 Å². The van der Waals surface area contributed by atoms with E-state index in [0.29, 0.717) is 25.8 Å². The highest BCUT2D eigenvalue weighted by Crippen LogP contribution is 2.24. The number of nitrogens with zero attached hydrogens (tertiary/aromatic N) is 2. The first kappa shape index (κ1) is 17.2. The Hall–Kier alpha value is -3.18. The molecule has 1 N–H and O–H groups in total. The molecular weight excluding hydrogens is 338 g/mol. The summed E-state index contributed by atoms with van der Waals surface area (Å²) in [6.45, 7) is 1.76. The lowest BCUT2D eigenvalue weighted by Crippen LogP contribution is -2.00. The number of benzene rings is 2. The smallest absolute Gasteiger partial charge is 0.227 e. The molecule has 5 nitrogen and oxygen atoms in total. The molecule has 0 atom stereocenters. The third kappa shape index (κ3) is 4.71. The number of rotatable bonds is 0. The van der Waals surface area contributed by atoms with Gasteiger partial charge in [-0.1, -0.05) is 36.4 Å². The van der Waals surface area contributed by atoms with Crippen LogP contribution in [-0.4, -0.2) is 23.2 Å². The maximum atomic E-state index is 5.85. The fourth-order valence-electron chi connectivity index (χ4n) is 2.87. The predicted molar refractivity (Wildman–Crippen MR) is 106 cm³/mol. The average Bonchev–Trinajstić information content (AvgIpc) is 2.70. The molecule has 1 aliphatic heterocycles. The second-order valence-electron chi connectivity index (χ2n) is 6.24. The highest BCUT2D eigenvalue weighted by atomic mass is 16.5. The topological polar surface area (TPSA) is 56.3 Å². The summed E-state index contributed by atoms with van der Waals surface area (Å²) in [7, 11) is 0. The van der Waals surface area contributed by atoms with E-state index in [1.54, 1.807) is 6.20 Å². The van der Waals surface area contributed by atoms with Crippen molar-refractivity contribution in [3.63, 3.8) is 0 Å². The highest BCUT2D eigenvalue weighted by Gasteiger charge is 2.05. The van der Waals surface area contributed by atoms with Crippen molar-refractivity contribution in [1.82, 2.24) is 9.97 Å². The lowest BCUT2D eigenvalue weighted by atomic mass is 10.1. The summed E-state index contributed by atoms with van der Waals surface area (Å²) in [4.78, 5) is 8.98. The van der Waals surface area contributed by atoms with Gasteiger partial charge in [-0.25, -0.2) is 9.97 Å². The maximum Gasteiger partial charge on any atom is 0.227 e. The first-order valence-corrected chi connectivity index (χ1v) is 9.02. The molecule has 1 aliphatic rings. The molecular formula is C22H21N3O2. The number of fused-ring (bicyclic) bond motifs is 7. The summed E-state index contributed by atoms with van der Waals surface area (Å²) in [5, 5.41) is 3.27. The van der Waals surface area contributed by atoms with E-state index < -0.39 is 0 Å². The Bertz CT molecular complexity index is 940. The average molecular weight is 359 g/mol. The summed E-state index contributed by atoms with van der Waals surface area (Å²) >= 11 is 0. The second-order valence-corrected chi connectivity index (χ2v) is 6.24. The molecule has 5 heteroatoms. The molecule has 0 saturated carbocycles. The summed E-state index contributed by atoms with van der Waals surface area (Å²) in [5.41, 5.74) is 3.87. The third-order valence-corrected chi connectivity index (χ3v) is 4.17. The highest BCUT2D eigenvalue weighted by molar-refractivity contribution is 5.63. The minimum Gasteiger partial charge on any atom is -0.493 e. The van der Waals surface area contributed by atoms with E-state index in [4.69, 9.17) is 9.47 Å². The van der Waals surface area contributed by atoms with E-state index in [0.717, 1.165) is 34.7 Å². The molecule has 2 heterocycles. The number of hydrogen-bond donors (Lipinski definition) is 1. The van der Waals surface area contributed by atoms with Gasteiger partial charge in [-0.05, 0) is 42.3 Å². The summed E-state index contributed by atoms with van der Waals surface area (Å²) < 4.78 is 11.6. The zero-order chi connectivity index (χ0) is 18.3. The van der Waals surface area contributed by atoms with Crippen molar-refractivity contribution in [2.75, 3.05) is 18.5 Å². The summed E-state index contributed by atoms with van der Waals surface area (Å²) in [5.74, 6) is 1.39. The Morgan fingerprint density at radius 3 is 2.93 bits per heavy atom. The molecule has 2 aromatic carbocycles. The van der Waals surface area contributed by atoms with E-state index >= 15 is 0 Å². The van der Waals surface area contributed by atoms with E-state index in [1.807, 2.05) is 54.6 Å². The molecule has 136 valence electrons. The molecule has 6 bridgehead atoms. The number of anilines is 2. The zero-order valence-electron chi connectivity index (χ0n) is 15.0. The van der Waals surface area contributed by atoms with Crippen molar-refractivity contribution in [2.24, 2.45) is 0 Å². The van der Waals surface area contributed by atoms with Crippen molar-refractivity contribution in [3.05, 3.63) is 78.5 Å². The Morgan fingerprint density at radius 2 is 1.93 bits per heavy atom. The van der Waals surface area contributed by atoms with Crippen LogP contribution < -0.4 is 10.1 Å². The van der Waals surface area contributed by atoms with Gasteiger partial charge in [-0.15, -0.1) is 0 Å². The molecule has 0 fully saturated rings. The fraction of sp³-hybridized carbons (Fsp3) is 0.182. The standard InChI is InChI=1S/C22H21N3O2/c1-2-12-26-16-17-6-4-8-19(14-17)24-22-23-11-10-21(25-22)18-7-5-9-20(15-18)27-13-3-1/h1-2,4-11,14-15H,3,12-13,16H2,(H,23,24,25). The van der Waals surface area contributed by atoms with Gasteiger partial charge in [-0.3, -0.25) is 0 Å². The molecule has 0 unspecified atom stereocenters. The number of ether oxygens (including phenoxy) is 2. The number of hydrogen-bond acceptors (Lipinski definition) is 5. The van der Waals surface area contributed by atoms with Crippen LogP contribution in [0, 0.1) is 0 Å². The normalized spacial score (nSPS) is 14.4. The van der Waals surface area contributed by atoms with Crippen LogP contribution in [0.4, 0.5) is 11.6 Å². The van der Waals surface area contributed by atoms with Gasteiger partial charge in [0, 0.05) is 17.4 Å². The zero-order valence-corrected chi connectivity index (χ0v) is 15.0. The van der Waals surface area contributed by atoms with Crippen molar-refractivity contribution < 1.29 is 9.47 Å². The van der Waals surface area contributed by atoms with Gasteiger partial charge in [0.2, 0.25) is 5.95 Å². The molecule has 0 radical (unpaired) electrons. The number of aromatic nitrogens is 2. The molecule has 0 aliphatic carbocycles. The third-order valence-electron chi connectivity index (χ3n) is 4.17.